The zero-order valence-electron chi connectivity index (χ0n) is 14.5. The Labute approximate surface area is 138 Å². The Hall–Kier alpha value is -1.47. The summed E-state index contributed by atoms with van der Waals surface area (Å²) in [7, 11) is 3.79. The van der Waals surface area contributed by atoms with Gasteiger partial charge in [-0.1, -0.05) is 13.3 Å². The molecule has 0 saturated heterocycles. The molecule has 0 aromatic rings. The minimum absolute atomic E-state index is 0.111. The lowest BCUT2D eigenvalue weighted by molar-refractivity contribution is -0.163. The third-order valence-corrected chi connectivity index (χ3v) is 3.14. The third kappa shape index (κ3) is 12.7. The van der Waals surface area contributed by atoms with Crippen LogP contribution >= 0.6 is 0 Å². The highest BCUT2D eigenvalue weighted by Gasteiger charge is 2.21. The first-order valence-electron chi connectivity index (χ1n) is 8.16. The van der Waals surface area contributed by atoms with Gasteiger partial charge in [-0.3, -0.25) is 14.4 Å². The Morgan fingerprint density at radius 2 is 1.70 bits per heavy atom. The molecule has 0 fully saturated rings. The molecule has 23 heavy (non-hydrogen) atoms. The molecular weight excluding hydrogens is 300 g/mol. The predicted octanol–water partition coefficient (Wildman–Crippen LogP) is 1.24. The van der Waals surface area contributed by atoms with E-state index in [-0.39, 0.29) is 18.8 Å². The van der Waals surface area contributed by atoms with Gasteiger partial charge in [0.15, 0.2) is 0 Å². The van der Waals surface area contributed by atoms with Gasteiger partial charge in [0.2, 0.25) is 0 Å². The Morgan fingerprint density at radius 3 is 2.26 bits per heavy atom. The van der Waals surface area contributed by atoms with Crippen LogP contribution in [0.5, 0.6) is 0 Å². The summed E-state index contributed by atoms with van der Waals surface area (Å²) in [6, 6.07) is 0. The molecule has 134 valence electrons. The molecule has 7 heteroatoms. The number of carbonyl (C=O) groups excluding carboxylic acids is 3. The normalized spacial score (nSPS) is 12.0. The molecule has 2 N–H and O–H groups in total. The van der Waals surface area contributed by atoms with Crippen LogP contribution in [0.15, 0.2) is 0 Å². The standard InChI is InChI=1S/C16H30N2O5/c1-4-5-7-14(19)22-13(9-11-18(2)3)12-16(21)23-15(20)8-6-10-17/h13H,4-12,17H2,1-3H3/t13-/m0/s1. The predicted molar refractivity (Wildman–Crippen MR) is 86.6 cm³/mol. The molecule has 0 heterocycles. The van der Waals surface area contributed by atoms with Crippen LogP contribution in [0, 0.1) is 0 Å². The van der Waals surface area contributed by atoms with Gasteiger partial charge in [-0.2, -0.15) is 0 Å². The molecule has 0 aliphatic rings. The molecule has 0 amide bonds. The van der Waals surface area contributed by atoms with Crippen LogP contribution in [0.2, 0.25) is 0 Å². The summed E-state index contributed by atoms with van der Waals surface area (Å²) in [4.78, 5) is 36.9. The Balaban J connectivity index is 4.40. The molecule has 0 aliphatic carbocycles. The van der Waals surface area contributed by atoms with Crippen molar-refractivity contribution < 1.29 is 23.9 Å². The zero-order chi connectivity index (χ0) is 17.7. The molecule has 0 rings (SSSR count). The molecule has 1 atom stereocenters. The number of nitrogens with two attached hydrogens (primary N) is 1. The van der Waals surface area contributed by atoms with E-state index >= 15 is 0 Å². The highest BCUT2D eigenvalue weighted by Crippen LogP contribution is 2.10. The van der Waals surface area contributed by atoms with E-state index < -0.39 is 18.0 Å². The van der Waals surface area contributed by atoms with Crippen molar-refractivity contribution in [3.05, 3.63) is 0 Å². The summed E-state index contributed by atoms with van der Waals surface area (Å²) in [5, 5.41) is 0. The van der Waals surface area contributed by atoms with E-state index in [9.17, 15) is 14.4 Å². The monoisotopic (exact) mass is 330 g/mol. The number of rotatable bonds is 12. The largest absolute Gasteiger partial charge is 0.462 e. The van der Waals surface area contributed by atoms with E-state index in [1.54, 1.807) is 0 Å². The Bertz CT molecular complexity index is 371. The van der Waals surface area contributed by atoms with Gasteiger partial charge in [0, 0.05) is 19.4 Å². The summed E-state index contributed by atoms with van der Waals surface area (Å²) in [6.45, 7) is 3.02. The molecule has 0 spiro atoms. The first kappa shape index (κ1) is 21.5. The van der Waals surface area contributed by atoms with Crippen molar-refractivity contribution >= 4 is 17.9 Å². The van der Waals surface area contributed by atoms with Gasteiger partial charge < -0.3 is 20.1 Å². The molecule has 0 unspecified atom stereocenters. The summed E-state index contributed by atoms with van der Waals surface area (Å²) in [5.41, 5.74) is 5.30. The highest BCUT2D eigenvalue weighted by atomic mass is 16.6. The van der Waals surface area contributed by atoms with Crippen molar-refractivity contribution in [2.45, 2.75) is 58.0 Å². The summed E-state index contributed by atoms with van der Waals surface area (Å²) < 4.78 is 10.1. The van der Waals surface area contributed by atoms with E-state index in [0.717, 1.165) is 12.8 Å². The fraction of sp³-hybridized carbons (Fsp3) is 0.812. The van der Waals surface area contributed by atoms with Gasteiger partial charge in [0.25, 0.3) is 0 Å². The second-order valence-corrected chi connectivity index (χ2v) is 5.75. The van der Waals surface area contributed by atoms with Gasteiger partial charge in [0.05, 0.1) is 6.42 Å². The maximum atomic E-state index is 11.8. The summed E-state index contributed by atoms with van der Waals surface area (Å²) in [5.74, 6) is -1.58. The third-order valence-electron chi connectivity index (χ3n) is 3.14. The van der Waals surface area contributed by atoms with Crippen molar-refractivity contribution in [2.75, 3.05) is 27.2 Å². The summed E-state index contributed by atoms with van der Waals surface area (Å²) >= 11 is 0. The van der Waals surface area contributed by atoms with Crippen LogP contribution in [-0.4, -0.2) is 56.1 Å². The average molecular weight is 330 g/mol. The van der Waals surface area contributed by atoms with Crippen molar-refractivity contribution in [3.63, 3.8) is 0 Å². The lowest BCUT2D eigenvalue weighted by Gasteiger charge is -2.19. The van der Waals surface area contributed by atoms with E-state index in [1.807, 2.05) is 25.9 Å². The van der Waals surface area contributed by atoms with Crippen molar-refractivity contribution in [1.29, 1.82) is 0 Å². The molecule has 0 bridgehead atoms. The maximum Gasteiger partial charge on any atom is 0.317 e. The van der Waals surface area contributed by atoms with Gasteiger partial charge in [-0.05, 0) is 39.9 Å². The molecule has 0 aliphatic heterocycles. The van der Waals surface area contributed by atoms with E-state index in [2.05, 4.69) is 0 Å². The van der Waals surface area contributed by atoms with Crippen LogP contribution in [0.4, 0.5) is 0 Å². The number of carbonyl (C=O) groups is 3. The maximum absolute atomic E-state index is 11.8. The van der Waals surface area contributed by atoms with E-state index in [1.165, 1.54) is 0 Å². The molecule has 0 radical (unpaired) electrons. The van der Waals surface area contributed by atoms with Crippen molar-refractivity contribution in [3.8, 4) is 0 Å². The lowest BCUT2D eigenvalue weighted by Crippen LogP contribution is -2.28. The van der Waals surface area contributed by atoms with Crippen LogP contribution in [0.25, 0.3) is 0 Å². The van der Waals surface area contributed by atoms with Gasteiger partial charge >= 0.3 is 17.9 Å². The lowest BCUT2D eigenvalue weighted by atomic mass is 10.1. The second-order valence-electron chi connectivity index (χ2n) is 5.75. The molecular formula is C16H30N2O5. The average Bonchev–Trinajstić information content (AvgIpc) is 2.48. The van der Waals surface area contributed by atoms with Crippen LogP contribution in [0.1, 0.15) is 51.9 Å². The van der Waals surface area contributed by atoms with Crippen molar-refractivity contribution in [2.24, 2.45) is 5.73 Å². The Kier molecular flexibility index (Phi) is 12.2. The van der Waals surface area contributed by atoms with E-state index in [4.69, 9.17) is 15.2 Å². The van der Waals surface area contributed by atoms with Crippen LogP contribution < -0.4 is 5.73 Å². The topological polar surface area (TPSA) is 98.9 Å². The quantitative estimate of drug-likeness (QED) is 0.424. The minimum Gasteiger partial charge on any atom is -0.462 e. The first-order valence-corrected chi connectivity index (χ1v) is 8.16. The number of hydrogen-bond donors (Lipinski definition) is 1. The van der Waals surface area contributed by atoms with Gasteiger partial charge in [-0.25, -0.2) is 0 Å². The SMILES string of the molecule is CCCCC(=O)O[C@@H](CCN(C)C)CC(=O)OC(=O)CCCN. The van der Waals surface area contributed by atoms with Gasteiger partial charge in [0.1, 0.15) is 6.10 Å². The summed E-state index contributed by atoms with van der Waals surface area (Å²) in [6.07, 6.45) is 2.40. The smallest absolute Gasteiger partial charge is 0.317 e. The molecule has 0 aromatic heterocycles. The van der Waals surface area contributed by atoms with Crippen molar-refractivity contribution in [1.82, 2.24) is 4.90 Å². The second kappa shape index (κ2) is 13.0. The molecule has 0 aromatic carbocycles. The number of ether oxygens (including phenoxy) is 2. The van der Waals surface area contributed by atoms with Gasteiger partial charge in [-0.15, -0.1) is 0 Å². The van der Waals surface area contributed by atoms with Crippen LogP contribution in [-0.2, 0) is 23.9 Å². The van der Waals surface area contributed by atoms with E-state index in [0.29, 0.717) is 32.4 Å². The number of hydrogen-bond acceptors (Lipinski definition) is 7. The number of esters is 3. The number of nitrogens with zero attached hydrogens (tertiary/aromatic N) is 1. The molecule has 7 nitrogen and oxygen atoms in total. The number of unbranched alkanes of at least 4 members (excludes halogenated alkanes) is 1. The van der Waals surface area contributed by atoms with Crippen LogP contribution in [0.3, 0.4) is 0 Å². The first-order chi connectivity index (χ1) is 10.9. The fourth-order valence-electron chi connectivity index (χ4n) is 1.82. The highest BCUT2D eigenvalue weighted by molar-refractivity contribution is 5.85. The minimum atomic E-state index is -0.668. The Morgan fingerprint density at radius 1 is 1.04 bits per heavy atom. The fourth-order valence-corrected chi connectivity index (χ4v) is 1.82. The zero-order valence-corrected chi connectivity index (χ0v) is 14.5. The molecule has 0 saturated carbocycles.